The first-order valence-corrected chi connectivity index (χ1v) is 2.77. The SMILES string of the molecule is C=C(N)C(C#N)=N/C=C\[NH2+]O. The first-order chi connectivity index (χ1) is 5.22. The van der Waals surface area contributed by atoms with Crippen LogP contribution in [0.5, 0.6) is 0 Å². The number of nitrogens with zero attached hydrogens (tertiary/aromatic N) is 2. The minimum absolute atomic E-state index is 0.0445. The second-order valence-electron chi connectivity index (χ2n) is 1.61. The van der Waals surface area contributed by atoms with Crippen LogP contribution in [0.4, 0.5) is 0 Å². The third-order valence-electron chi connectivity index (χ3n) is 0.786. The quantitative estimate of drug-likeness (QED) is 0.352. The topological polar surface area (TPSA) is 99.0 Å². The van der Waals surface area contributed by atoms with E-state index in [1.807, 2.05) is 0 Å². The molecule has 0 saturated carbocycles. The van der Waals surface area contributed by atoms with Gasteiger partial charge in [0.05, 0.1) is 11.9 Å². The highest BCUT2D eigenvalue weighted by atomic mass is 16.5. The fourth-order valence-electron chi connectivity index (χ4n) is 0.340. The zero-order valence-electron chi connectivity index (χ0n) is 5.86. The lowest BCUT2D eigenvalue weighted by Gasteiger charge is -1.89. The number of hydrogen-bond acceptors (Lipinski definition) is 4. The molecular weight excluding hydrogens is 144 g/mol. The molecule has 0 aromatic heterocycles. The van der Waals surface area contributed by atoms with E-state index < -0.39 is 0 Å². The smallest absolute Gasteiger partial charge is 0.162 e. The van der Waals surface area contributed by atoms with Gasteiger partial charge in [-0.1, -0.05) is 6.58 Å². The second-order valence-corrected chi connectivity index (χ2v) is 1.61. The van der Waals surface area contributed by atoms with E-state index in [0.29, 0.717) is 0 Å². The Morgan fingerprint density at radius 1 is 1.82 bits per heavy atom. The van der Waals surface area contributed by atoms with Crippen LogP contribution in [0.15, 0.2) is 29.7 Å². The summed E-state index contributed by atoms with van der Waals surface area (Å²) in [5.74, 6) is 0. The van der Waals surface area contributed by atoms with Crippen molar-refractivity contribution in [2.75, 3.05) is 0 Å². The van der Waals surface area contributed by atoms with E-state index >= 15 is 0 Å². The third kappa shape index (κ3) is 3.86. The molecule has 58 valence electrons. The maximum absolute atomic E-state index is 8.37. The summed E-state index contributed by atoms with van der Waals surface area (Å²) in [5, 5.41) is 16.5. The fraction of sp³-hybridized carbons (Fsp3) is 0. The van der Waals surface area contributed by atoms with E-state index in [4.69, 9.17) is 16.2 Å². The molecule has 0 aromatic carbocycles. The summed E-state index contributed by atoms with van der Waals surface area (Å²) in [6.07, 6.45) is 2.51. The third-order valence-corrected chi connectivity index (χ3v) is 0.786. The van der Waals surface area contributed by atoms with Gasteiger partial charge in [-0.3, -0.25) is 0 Å². The molecule has 0 bridgehead atoms. The van der Waals surface area contributed by atoms with Gasteiger partial charge < -0.3 is 5.73 Å². The number of rotatable bonds is 3. The molecule has 11 heavy (non-hydrogen) atoms. The highest BCUT2D eigenvalue weighted by Crippen LogP contribution is 1.85. The first kappa shape index (κ1) is 9.36. The van der Waals surface area contributed by atoms with E-state index in [0.717, 1.165) is 5.48 Å². The number of allylic oxidation sites excluding steroid dienone is 1. The largest absolute Gasteiger partial charge is 0.397 e. The van der Waals surface area contributed by atoms with Crippen LogP contribution in [0, 0.1) is 11.3 Å². The number of nitrogens with two attached hydrogens (primary N) is 2. The van der Waals surface area contributed by atoms with Crippen molar-refractivity contribution in [2.24, 2.45) is 10.7 Å². The number of aliphatic imine (C=N–C) groups is 1. The van der Waals surface area contributed by atoms with Gasteiger partial charge in [0.15, 0.2) is 5.71 Å². The van der Waals surface area contributed by atoms with Gasteiger partial charge in [0, 0.05) is 0 Å². The second kappa shape index (κ2) is 5.17. The molecule has 0 aliphatic heterocycles. The molecule has 0 unspecified atom stereocenters. The van der Waals surface area contributed by atoms with Crippen molar-refractivity contribution in [3.05, 3.63) is 24.7 Å². The van der Waals surface area contributed by atoms with Gasteiger partial charge in [-0.2, -0.15) is 10.7 Å². The summed E-state index contributed by atoms with van der Waals surface area (Å²) >= 11 is 0. The average molecular weight is 153 g/mol. The van der Waals surface area contributed by atoms with Gasteiger partial charge in [-0.05, 0) is 0 Å². The molecule has 5 heteroatoms. The van der Waals surface area contributed by atoms with Gasteiger partial charge in [0.2, 0.25) is 0 Å². The highest BCUT2D eigenvalue weighted by Gasteiger charge is 1.94. The summed E-state index contributed by atoms with van der Waals surface area (Å²) in [6, 6.07) is 1.74. The van der Waals surface area contributed by atoms with Crippen LogP contribution in [0.3, 0.4) is 0 Å². The zero-order valence-corrected chi connectivity index (χ0v) is 5.86. The molecule has 0 aliphatic carbocycles. The standard InChI is InChI=1S/C6H8N4O/c1-5(8)6(4-7)9-2-3-10-11/h2-3,10-11H,1,8H2/p+1/b3-2-,9-6?. The molecule has 5 nitrogen and oxygen atoms in total. The number of nitriles is 1. The molecule has 0 aromatic rings. The predicted molar refractivity (Wildman–Crippen MR) is 39.2 cm³/mol. The van der Waals surface area contributed by atoms with Crippen LogP contribution in [0.1, 0.15) is 0 Å². The van der Waals surface area contributed by atoms with Gasteiger partial charge in [-0.25, -0.2) is 10.2 Å². The molecule has 0 saturated heterocycles. The average Bonchev–Trinajstić information content (AvgIpc) is 1.97. The van der Waals surface area contributed by atoms with E-state index in [1.54, 1.807) is 6.07 Å². The summed E-state index contributed by atoms with van der Waals surface area (Å²) in [6.45, 7) is 3.32. The van der Waals surface area contributed by atoms with Crippen molar-refractivity contribution in [3.8, 4) is 6.07 Å². The molecule has 0 amide bonds. The minimum atomic E-state index is 0.0445. The lowest BCUT2D eigenvalue weighted by atomic mass is 10.3. The summed E-state index contributed by atoms with van der Waals surface area (Å²) in [7, 11) is 0. The molecule has 0 heterocycles. The number of quaternary nitrogens is 1. The number of hydrogen-bond donors (Lipinski definition) is 3. The van der Waals surface area contributed by atoms with E-state index in [1.165, 1.54) is 12.4 Å². The van der Waals surface area contributed by atoms with Crippen molar-refractivity contribution < 1.29 is 10.7 Å². The Hall–Kier alpha value is -1.64. The molecule has 0 fully saturated rings. The fourth-order valence-corrected chi connectivity index (χ4v) is 0.340. The van der Waals surface area contributed by atoms with Crippen molar-refractivity contribution in [1.82, 2.24) is 0 Å². The summed E-state index contributed by atoms with van der Waals surface area (Å²) in [4.78, 5) is 3.59. The minimum Gasteiger partial charge on any atom is -0.397 e. The maximum Gasteiger partial charge on any atom is 0.162 e. The van der Waals surface area contributed by atoms with Gasteiger partial charge in [-0.15, -0.1) is 0 Å². The molecule has 5 N–H and O–H groups in total. The van der Waals surface area contributed by atoms with Crippen LogP contribution in [0.25, 0.3) is 0 Å². The maximum atomic E-state index is 8.37. The van der Waals surface area contributed by atoms with Crippen molar-refractivity contribution in [1.29, 1.82) is 5.26 Å². The highest BCUT2D eigenvalue weighted by molar-refractivity contribution is 6.10. The Kier molecular flexibility index (Phi) is 4.40. The first-order valence-electron chi connectivity index (χ1n) is 2.77. The van der Waals surface area contributed by atoms with Crippen LogP contribution >= 0.6 is 0 Å². The lowest BCUT2D eigenvalue weighted by molar-refractivity contribution is -0.838. The van der Waals surface area contributed by atoms with Gasteiger partial charge in [0.1, 0.15) is 12.3 Å². The van der Waals surface area contributed by atoms with E-state index in [2.05, 4.69) is 11.6 Å². The van der Waals surface area contributed by atoms with E-state index in [-0.39, 0.29) is 11.4 Å². The van der Waals surface area contributed by atoms with Crippen LogP contribution in [-0.2, 0) is 0 Å². The van der Waals surface area contributed by atoms with Gasteiger partial charge >= 0.3 is 0 Å². The van der Waals surface area contributed by atoms with Crippen LogP contribution in [0.2, 0.25) is 0 Å². The molecule has 0 rings (SSSR count). The molecule has 0 spiro atoms. The molecule has 0 radical (unpaired) electrons. The Morgan fingerprint density at radius 2 is 2.45 bits per heavy atom. The van der Waals surface area contributed by atoms with Crippen LogP contribution < -0.4 is 11.2 Å². The monoisotopic (exact) mass is 153 g/mol. The Balaban J connectivity index is 4.28. The van der Waals surface area contributed by atoms with Crippen molar-refractivity contribution >= 4 is 5.71 Å². The van der Waals surface area contributed by atoms with Crippen molar-refractivity contribution in [3.63, 3.8) is 0 Å². The van der Waals surface area contributed by atoms with Crippen LogP contribution in [-0.4, -0.2) is 10.9 Å². The van der Waals surface area contributed by atoms with Crippen molar-refractivity contribution in [2.45, 2.75) is 0 Å². The zero-order chi connectivity index (χ0) is 8.69. The molecular formula is C6H9N4O+. The predicted octanol–water partition coefficient (Wildman–Crippen LogP) is -1.15. The number of hydroxylamine groups is 1. The Morgan fingerprint density at radius 3 is 2.82 bits per heavy atom. The Bertz CT molecular complexity index is 235. The Labute approximate surface area is 64.1 Å². The normalized spacial score (nSPS) is 11.5. The summed E-state index contributed by atoms with van der Waals surface area (Å²) in [5.41, 5.74) is 6.13. The summed E-state index contributed by atoms with van der Waals surface area (Å²) < 4.78 is 0. The lowest BCUT2D eigenvalue weighted by Crippen LogP contribution is -2.73. The molecule has 0 atom stereocenters. The van der Waals surface area contributed by atoms with Gasteiger partial charge in [0.25, 0.3) is 0 Å². The molecule has 0 aliphatic rings. The van der Waals surface area contributed by atoms with E-state index in [9.17, 15) is 0 Å².